The summed E-state index contributed by atoms with van der Waals surface area (Å²) in [5.41, 5.74) is -0.196. The van der Waals surface area contributed by atoms with Gasteiger partial charge in [-0.1, -0.05) is 6.92 Å². The smallest absolute Gasteiger partial charge is 0.329 e. The van der Waals surface area contributed by atoms with Crippen LogP contribution < -0.4 is 0 Å². The second kappa shape index (κ2) is 5.33. The summed E-state index contributed by atoms with van der Waals surface area (Å²) >= 11 is 0. The van der Waals surface area contributed by atoms with Crippen LogP contribution >= 0.6 is 0 Å². The average Bonchev–Trinajstić information content (AvgIpc) is 2.91. The number of benzene rings is 1. The molecule has 0 aromatic heterocycles. The first-order chi connectivity index (χ1) is 9.55. The molecule has 1 atom stereocenters. The van der Waals surface area contributed by atoms with E-state index in [1.165, 1.54) is 4.90 Å². The van der Waals surface area contributed by atoms with E-state index >= 15 is 0 Å². The Morgan fingerprint density at radius 2 is 2.05 bits per heavy atom. The number of nitrogens with zero attached hydrogens (tertiary/aromatic N) is 2. The summed E-state index contributed by atoms with van der Waals surface area (Å²) in [6.45, 7) is 2.25. The average molecular weight is 272 g/mol. The molecule has 0 bridgehead atoms. The van der Waals surface area contributed by atoms with Crippen molar-refractivity contribution >= 4 is 11.9 Å². The van der Waals surface area contributed by atoms with Crippen molar-refractivity contribution in [2.75, 3.05) is 6.54 Å². The lowest BCUT2D eigenvalue weighted by atomic mass is 9.92. The maximum Gasteiger partial charge on any atom is 0.329 e. The number of carboxylic acid groups (broad SMARTS) is 1. The third kappa shape index (κ3) is 2.14. The predicted octanol–water partition coefficient (Wildman–Crippen LogP) is 2.03. The minimum Gasteiger partial charge on any atom is -0.479 e. The molecule has 5 heteroatoms. The maximum atomic E-state index is 12.5. The Morgan fingerprint density at radius 1 is 1.40 bits per heavy atom. The number of carboxylic acids is 1. The molecule has 1 aromatic carbocycles. The number of aliphatic carboxylic acids is 1. The number of nitriles is 1. The molecular weight excluding hydrogens is 256 g/mol. The Bertz CT molecular complexity index is 574. The summed E-state index contributed by atoms with van der Waals surface area (Å²) in [6.07, 6.45) is 1.58. The Morgan fingerprint density at radius 3 is 2.55 bits per heavy atom. The van der Waals surface area contributed by atoms with E-state index in [-0.39, 0.29) is 5.91 Å². The zero-order valence-corrected chi connectivity index (χ0v) is 11.3. The first-order valence-electron chi connectivity index (χ1n) is 6.60. The van der Waals surface area contributed by atoms with Crippen molar-refractivity contribution in [3.8, 4) is 6.07 Å². The molecule has 1 aliphatic rings. The number of rotatable bonds is 3. The van der Waals surface area contributed by atoms with Crippen LogP contribution in [0.1, 0.15) is 42.1 Å². The summed E-state index contributed by atoms with van der Waals surface area (Å²) < 4.78 is 0. The highest BCUT2D eigenvalue weighted by molar-refractivity contribution is 5.98. The second-order valence-electron chi connectivity index (χ2n) is 4.94. The molecule has 1 heterocycles. The van der Waals surface area contributed by atoms with Gasteiger partial charge >= 0.3 is 5.97 Å². The van der Waals surface area contributed by atoms with Crippen LogP contribution in [0.3, 0.4) is 0 Å². The molecule has 2 rings (SSSR count). The zero-order valence-electron chi connectivity index (χ0n) is 11.3. The Kier molecular flexibility index (Phi) is 3.75. The van der Waals surface area contributed by atoms with Crippen molar-refractivity contribution in [3.05, 3.63) is 35.4 Å². The summed E-state index contributed by atoms with van der Waals surface area (Å²) in [7, 11) is 0. The molecule has 1 fully saturated rings. The molecule has 1 aliphatic heterocycles. The largest absolute Gasteiger partial charge is 0.479 e. The zero-order chi connectivity index (χ0) is 14.8. The van der Waals surface area contributed by atoms with Crippen molar-refractivity contribution in [2.45, 2.75) is 31.7 Å². The first-order valence-corrected chi connectivity index (χ1v) is 6.60. The van der Waals surface area contributed by atoms with Crippen LogP contribution in [0.2, 0.25) is 0 Å². The van der Waals surface area contributed by atoms with E-state index in [9.17, 15) is 14.7 Å². The van der Waals surface area contributed by atoms with Crippen molar-refractivity contribution < 1.29 is 14.7 Å². The summed E-state index contributed by atoms with van der Waals surface area (Å²) in [4.78, 5) is 25.5. The quantitative estimate of drug-likeness (QED) is 0.912. The van der Waals surface area contributed by atoms with E-state index in [0.717, 1.165) is 0 Å². The monoisotopic (exact) mass is 272 g/mol. The summed E-state index contributed by atoms with van der Waals surface area (Å²) in [5, 5.41) is 18.2. The van der Waals surface area contributed by atoms with E-state index in [4.69, 9.17) is 5.26 Å². The molecule has 1 aromatic rings. The van der Waals surface area contributed by atoms with Gasteiger partial charge in [0, 0.05) is 12.1 Å². The fourth-order valence-corrected chi connectivity index (χ4v) is 2.76. The van der Waals surface area contributed by atoms with Gasteiger partial charge < -0.3 is 10.0 Å². The van der Waals surface area contributed by atoms with Gasteiger partial charge in [0.15, 0.2) is 0 Å². The van der Waals surface area contributed by atoms with Crippen molar-refractivity contribution in [2.24, 2.45) is 0 Å². The van der Waals surface area contributed by atoms with Gasteiger partial charge in [-0.2, -0.15) is 5.26 Å². The SMILES string of the molecule is CCC1(C(=O)O)CCCN1C(=O)c1ccc(C#N)cc1. The molecular formula is C15H16N2O3. The molecule has 104 valence electrons. The molecule has 20 heavy (non-hydrogen) atoms. The fraction of sp³-hybridized carbons (Fsp3) is 0.400. The highest BCUT2D eigenvalue weighted by atomic mass is 16.4. The number of hydrogen-bond donors (Lipinski definition) is 1. The highest BCUT2D eigenvalue weighted by Crippen LogP contribution is 2.34. The Labute approximate surface area is 117 Å². The standard InChI is InChI=1S/C15H16N2O3/c1-2-15(14(19)20)8-3-9-17(15)13(18)12-6-4-11(10-16)5-7-12/h4-7H,2-3,8-9H2,1H3,(H,19,20). The maximum absolute atomic E-state index is 12.5. The van der Waals surface area contributed by atoms with Gasteiger partial charge in [-0.15, -0.1) is 0 Å². The third-order valence-electron chi connectivity index (χ3n) is 3.98. The van der Waals surface area contributed by atoms with Crippen LogP contribution in [0, 0.1) is 11.3 Å². The van der Waals surface area contributed by atoms with Crippen LogP contribution in [0.5, 0.6) is 0 Å². The molecule has 1 saturated heterocycles. The minimum absolute atomic E-state index is 0.281. The number of carbonyl (C=O) groups excluding carboxylic acids is 1. The van der Waals surface area contributed by atoms with Gasteiger partial charge in [0.2, 0.25) is 0 Å². The molecule has 0 aliphatic carbocycles. The van der Waals surface area contributed by atoms with Gasteiger partial charge in [0.25, 0.3) is 5.91 Å². The van der Waals surface area contributed by atoms with E-state index in [1.54, 1.807) is 31.2 Å². The van der Waals surface area contributed by atoms with Crippen LogP contribution in [-0.4, -0.2) is 34.0 Å². The molecule has 5 nitrogen and oxygen atoms in total. The van der Waals surface area contributed by atoms with Gasteiger partial charge in [0.05, 0.1) is 11.6 Å². The number of carbonyl (C=O) groups is 2. The number of likely N-dealkylation sites (tertiary alicyclic amines) is 1. The predicted molar refractivity (Wildman–Crippen MR) is 72.1 cm³/mol. The Balaban J connectivity index is 2.32. The summed E-state index contributed by atoms with van der Waals surface area (Å²) in [6, 6.07) is 8.27. The second-order valence-corrected chi connectivity index (χ2v) is 4.94. The fourth-order valence-electron chi connectivity index (χ4n) is 2.76. The van der Waals surface area contributed by atoms with E-state index < -0.39 is 11.5 Å². The molecule has 1 N–H and O–H groups in total. The Hall–Kier alpha value is -2.35. The topological polar surface area (TPSA) is 81.4 Å². The van der Waals surface area contributed by atoms with Gasteiger partial charge in [0.1, 0.15) is 5.54 Å². The van der Waals surface area contributed by atoms with E-state index in [2.05, 4.69) is 0 Å². The third-order valence-corrected chi connectivity index (χ3v) is 3.98. The lowest BCUT2D eigenvalue weighted by Crippen LogP contribution is -2.52. The number of amides is 1. The molecule has 0 radical (unpaired) electrons. The van der Waals surface area contributed by atoms with Crippen LogP contribution in [0.25, 0.3) is 0 Å². The van der Waals surface area contributed by atoms with Crippen LogP contribution in [0.15, 0.2) is 24.3 Å². The summed E-state index contributed by atoms with van der Waals surface area (Å²) in [5.74, 6) is -1.23. The lowest BCUT2D eigenvalue weighted by molar-refractivity contribution is -0.148. The van der Waals surface area contributed by atoms with Crippen molar-refractivity contribution in [1.29, 1.82) is 5.26 Å². The van der Waals surface area contributed by atoms with Crippen molar-refractivity contribution in [3.63, 3.8) is 0 Å². The van der Waals surface area contributed by atoms with Gasteiger partial charge in [-0.05, 0) is 43.5 Å². The first kappa shape index (κ1) is 14.1. The normalized spacial score (nSPS) is 21.5. The molecule has 0 saturated carbocycles. The van der Waals surface area contributed by atoms with Crippen LogP contribution in [-0.2, 0) is 4.79 Å². The van der Waals surface area contributed by atoms with Crippen molar-refractivity contribution in [1.82, 2.24) is 4.90 Å². The highest BCUT2D eigenvalue weighted by Gasteiger charge is 2.48. The molecule has 1 amide bonds. The van der Waals surface area contributed by atoms with Gasteiger partial charge in [-0.3, -0.25) is 4.79 Å². The van der Waals surface area contributed by atoms with E-state index in [0.29, 0.717) is 36.9 Å². The van der Waals surface area contributed by atoms with E-state index in [1.807, 2.05) is 6.07 Å². The molecule has 0 spiro atoms. The minimum atomic E-state index is -1.09. The number of hydrogen-bond acceptors (Lipinski definition) is 3. The van der Waals surface area contributed by atoms with Crippen LogP contribution in [0.4, 0.5) is 0 Å². The van der Waals surface area contributed by atoms with Gasteiger partial charge in [-0.25, -0.2) is 4.79 Å². The lowest BCUT2D eigenvalue weighted by Gasteiger charge is -2.34. The molecule has 1 unspecified atom stereocenters.